The van der Waals surface area contributed by atoms with Crippen molar-refractivity contribution in [1.82, 2.24) is 18.4 Å². The molecule has 0 aromatic rings. The second-order valence-corrected chi connectivity index (χ2v) is 10.6. The van der Waals surface area contributed by atoms with Crippen molar-refractivity contribution in [2.24, 2.45) is 5.92 Å². The molecule has 2 amide bonds. The van der Waals surface area contributed by atoms with Crippen molar-refractivity contribution in [3.05, 3.63) is 0 Å². The van der Waals surface area contributed by atoms with Gasteiger partial charge in [0.05, 0.1) is 5.92 Å². The minimum atomic E-state index is -3.49. The van der Waals surface area contributed by atoms with Crippen LogP contribution < -0.4 is 0 Å². The molecule has 1 saturated carbocycles. The van der Waals surface area contributed by atoms with Crippen LogP contribution in [-0.2, 0) is 19.8 Å². The Balaban J connectivity index is 1.55. The van der Waals surface area contributed by atoms with E-state index in [1.165, 1.54) is 10.7 Å². The minimum absolute atomic E-state index is 0.0193. The maximum absolute atomic E-state index is 13.0. The van der Waals surface area contributed by atoms with Crippen molar-refractivity contribution in [2.75, 3.05) is 39.8 Å². The molecule has 2 saturated heterocycles. The summed E-state index contributed by atoms with van der Waals surface area (Å²) in [7, 11) is -1.80. The summed E-state index contributed by atoms with van der Waals surface area (Å²) in [6.07, 6.45) is 5.47. The lowest BCUT2D eigenvalue weighted by molar-refractivity contribution is -0.137. The van der Waals surface area contributed by atoms with E-state index in [0.717, 1.165) is 25.7 Å². The fourth-order valence-corrected chi connectivity index (χ4v) is 6.19. The Bertz CT molecular complexity index is 682. The van der Waals surface area contributed by atoms with Crippen LogP contribution in [0.3, 0.4) is 0 Å². The first kappa shape index (κ1) is 21.5. The van der Waals surface area contributed by atoms with Gasteiger partial charge in [0.1, 0.15) is 0 Å². The number of carbonyl (C=O) groups excluding carboxylic acids is 2. The first-order chi connectivity index (χ1) is 13.2. The first-order valence-corrected chi connectivity index (χ1v) is 11.9. The zero-order valence-electron chi connectivity index (χ0n) is 17.3. The molecule has 3 aliphatic rings. The van der Waals surface area contributed by atoms with Gasteiger partial charge in [0.15, 0.2) is 0 Å². The first-order valence-electron chi connectivity index (χ1n) is 10.5. The third-order valence-corrected chi connectivity index (χ3v) is 8.50. The number of amides is 2. The number of carbonyl (C=O) groups is 2. The molecule has 28 heavy (non-hydrogen) atoms. The summed E-state index contributed by atoms with van der Waals surface area (Å²) >= 11 is 0. The predicted molar refractivity (Wildman–Crippen MR) is 107 cm³/mol. The monoisotopic (exact) mass is 414 g/mol. The molecule has 160 valence electrons. The van der Waals surface area contributed by atoms with E-state index >= 15 is 0 Å². The lowest BCUT2D eigenvalue weighted by atomic mass is 9.96. The normalized spacial score (nSPS) is 25.9. The van der Waals surface area contributed by atoms with E-state index in [9.17, 15) is 18.0 Å². The second kappa shape index (κ2) is 8.67. The Kier molecular flexibility index (Phi) is 6.66. The van der Waals surface area contributed by atoms with Crippen LogP contribution in [0.25, 0.3) is 0 Å². The number of hydrogen-bond donors (Lipinski definition) is 0. The van der Waals surface area contributed by atoms with Crippen LogP contribution >= 0.6 is 0 Å². The molecule has 0 N–H and O–H groups in total. The molecule has 1 atom stereocenters. The molecule has 1 unspecified atom stereocenters. The smallest absolute Gasteiger partial charge is 0.282 e. The SMILES string of the molecule is CC(C)N1CC(C(=O)N2CCN(S(=O)(=O)N(C)C3CCCCC3)CC2)CC1=O. The standard InChI is InChI=1S/C19H34N4O4S/c1-15(2)23-14-16(13-18(23)24)19(25)21-9-11-22(12-10-21)28(26,27)20(3)17-7-5-4-6-8-17/h15-17H,4-14H2,1-3H3. The quantitative estimate of drug-likeness (QED) is 0.669. The topological polar surface area (TPSA) is 81.2 Å². The van der Waals surface area contributed by atoms with Gasteiger partial charge in [-0.05, 0) is 26.7 Å². The molecule has 0 aromatic carbocycles. The zero-order valence-corrected chi connectivity index (χ0v) is 18.2. The summed E-state index contributed by atoms with van der Waals surface area (Å²) < 4.78 is 29.0. The lowest BCUT2D eigenvalue weighted by Gasteiger charge is -2.39. The summed E-state index contributed by atoms with van der Waals surface area (Å²) in [6, 6.07) is 0.188. The molecule has 9 heteroatoms. The Hall–Kier alpha value is -1.19. The third-order valence-electron chi connectivity index (χ3n) is 6.46. The summed E-state index contributed by atoms with van der Waals surface area (Å²) in [5, 5.41) is 0. The molecule has 2 heterocycles. The Morgan fingerprint density at radius 2 is 1.68 bits per heavy atom. The molecule has 1 aliphatic carbocycles. The molecule has 2 aliphatic heterocycles. The molecule has 0 radical (unpaired) electrons. The van der Waals surface area contributed by atoms with E-state index in [-0.39, 0.29) is 36.2 Å². The van der Waals surface area contributed by atoms with E-state index in [1.54, 1.807) is 21.2 Å². The Morgan fingerprint density at radius 1 is 1.07 bits per heavy atom. The summed E-state index contributed by atoms with van der Waals surface area (Å²) in [5.74, 6) is -0.291. The van der Waals surface area contributed by atoms with Crippen LogP contribution in [0.2, 0.25) is 0 Å². The minimum Gasteiger partial charge on any atom is -0.340 e. The van der Waals surface area contributed by atoms with E-state index in [1.807, 2.05) is 13.8 Å². The highest BCUT2D eigenvalue weighted by atomic mass is 32.2. The highest BCUT2D eigenvalue weighted by Gasteiger charge is 2.40. The van der Waals surface area contributed by atoms with Gasteiger partial charge in [0, 0.05) is 58.3 Å². The molecule has 3 fully saturated rings. The molecule has 0 spiro atoms. The lowest BCUT2D eigenvalue weighted by Crippen LogP contribution is -2.56. The van der Waals surface area contributed by atoms with E-state index in [2.05, 4.69) is 0 Å². The van der Waals surface area contributed by atoms with Gasteiger partial charge in [0.25, 0.3) is 10.2 Å². The van der Waals surface area contributed by atoms with Crippen molar-refractivity contribution < 1.29 is 18.0 Å². The third kappa shape index (κ3) is 4.36. The zero-order chi connectivity index (χ0) is 20.5. The maximum atomic E-state index is 13.0. The largest absolute Gasteiger partial charge is 0.340 e. The number of likely N-dealkylation sites (tertiary alicyclic amines) is 1. The number of hydrogen-bond acceptors (Lipinski definition) is 4. The summed E-state index contributed by atoms with van der Waals surface area (Å²) in [5.41, 5.74) is 0. The maximum Gasteiger partial charge on any atom is 0.282 e. The van der Waals surface area contributed by atoms with Crippen molar-refractivity contribution >= 4 is 22.0 Å². The van der Waals surface area contributed by atoms with Crippen molar-refractivity contribution in [3.8, 4) is 0 Å². The van der Waals surface area contributed by atoms with Gasteiger partial charge in [-0.2, -0.15) is 17.0 Å². The van der Waals surface area contributed by atoms with Crippen molar-refractivity contribution in [1.29, 1.82) is 0 Å². The van der Waals surface area contributed by atoms with Crippen molar-refractivity contribution in [3.63, 3.8) is 0 Å². The van der Waals surface area contributed by atoms with Crippen LogP contribution in [0, 0.1) is 5.92 Å². The highest BCUT2D eigenvalue weighted by Crippen LogP contribution is 2.26. The molecular weight excluding hydrogens is 380 g/mol. The number of rotatable bonds is 5. The Labute approximate surface area is 169 Å². The van der Waals surface area contributed by atoms with Gasteiger partial charge in [-0.25, -0.2) is 0 Å². The van der Waals surface area contributed by atoms with Crippen molar-refractivity contribution in [2.45, 2.75) is 64.5 Å². The summed E-state index contributed by atoms with van der Waals surface area (Å²) in [6.45, 7) is 5.80. The van der Waals surface area contributed by atoms with Crippen LogP contribution in [0.4, 0.5) is 0 Å². The van der Waals surface area contributed by atoms with E-state index in [0.29, 0.717) is 32.7 Å². The molecular formula is C19H34N4O4S. The molecule has 0 bridgehead atoms. The van der Waals surface area contributed by atoms with Crippen LogP contribution in [0.15, 0.2) is 0 Å². The van der Waals surface area contributed by atoms with Gasteiger partial charge in [-0.3, -0.25) is 9.59 Å². The second-order valence-electron chi connectivity index (χ2n) is 8.58. The van der Waals surface area contributed by atoms with Gasteiger partial charge >= 0.3 is 0 Å². The van der Waals surface area contributed by atoms with E-state index < -0.39 is 10.2 Å². The highest BCUT2D eigenvalue weighted by molar-refractivity contribution is 7.86. The number of nitrogens with zero attached hydrogens (tertiary/aromatic N) is 4. The van der Waals surface area contributed by atoms with E-state index in [4.69, 9.17) is 0 Å². The molecule has 0 aromatic heterocycles. The molecule has 3 rings (SSSR count). The van der Waals surface area contributed by atoms with Crippen LogP contribution in [0.1, 0.15) is 52.4 Å². The van der Waals surface area contributed by atoms with Gasteiger partial charge < -0.3 is 9.80 Å². The fourth-order valence-electron chi connectivity index (χ4n) is 4.61. The van der Waals surface area contributed by atoms with Gasteiger partial charge in [0.2, 0.25) is 11.8 Å². The number of piperazine rings is 1. The average Bonchev–Trinajstić information content (AvgIpc) is 3.09. The fraction of sp³-hybridized carbons (Fsp3) is 0.895. The predicted octanol–water partition coefficient (Wildman–Crippen LogP) is 0.897. The van der Waals surface area contributed by atoms with Crippen LogP contribution in [-0.4, -0.2) is 90.5 Å². The average molecular weight is 415 g/mol. The van der Waals surface area contributed by atoms with Gasteiger partial charge in [-0.15, -0.1) is 0 Å². The molecule has 8 nitrogen and oxygen atoms in total. The summed E-state index contributed by atoms with van der Waals surface area (Å²) in [4.78, 5) is 28.4. The van der Waals surface area contributed by atoms with Gasteiger partial charge in [-0.1, -0.05) is 19.3 Å². The Morgan fingerprint density at radius 3 is 2.21 bits per heavy atom. The van der Waals surface area contributed by atoms with Crippen LogP contribution in [0.5, 0.6) is 0 Å².